The van der Waals surface area contributed by atoms with Gasteiger partial charge in [-0.15, -0.1) is 0 Å². The SMILES string of the molecule is COc1ccc(-c2ccc3nccc(C(=O)NCC(=O)N4CC(F)(F)C[C@H]4C#N)c3c2)c(OCCOCCOCCNC(=O)CN)c1. The van der Waals surface area contributed by atoms with Gasteiger partial charge >= 0.3 is 0 Å². The van der Waals surface area contributed by atoms with Gasteiger partial charge in [0.2, 0.25) is 11.8 Å². The highest BCUT2D eigenvalue weighted by Crippen LogP contribution is 2.35. The second-order valence-corrected chi connectivity index (χ2v) is 10.5. The van der Waals surface area contributed by atoms with Crippen molar-refractivity contribution in [2.75, 3.05) is 66.3 Å². The number of ether oxygens (including phenoxy) is 4. The quantitative estimate of drug-likeness (QED) is 0.193. The van der Waals surface area contributed by atoms with Crippen LogP contribution in [0.1, 0.15) is 16.8 Å². The van der Waals surface area contributed by atoms with Gasteiger partial charge < -0.3 is 40.2 Å². The molecule has 1 atom stereocenters. The zero-order valence-corrected chi connectivity index (χ0v) is 25.8. The first-order valence-corrected chi connectivity index (χ1v) is 14.8. The van der Waals surface area contributed by atoms with E-state index >= 15 is 0 Å². The minimum Gasteiger partial charge on any atom is -0.497 e. The number of nitrogens with zero attached hydrogens (tertiary/aromatic N) is 3. The van der Waals surface area contributed by atoms with Gasteiger partial charge in [0.1, 0.15) is 24.1 Å². The molecule has 2 aromatic carbocycles. The fourth-order valence-corrected chi connectivity index (χ4v) is 4.91. The van der Waals surface area contributed by atoms with Gasteiger partial charge in [-0.2, -0.15) is 5.26 Å². The average molecular weight is 655 g/mol. The number of benzene rings is 2. The first-order valence-electron chi connectivity index (χ1n) is 14.8. The molecule has 3 amide bonds. The smallest absolute Gasteiger partial charge is 0.268 e. The van der Waals surface area contributed by atoms with Crippen LogP contribution in [-0.4, -0.2) is 106 Å². The Balaban J connectivity index is 1.39. The molecule has 2 heterocycles. The lowest BCUT2D eigenvalue weighted by Gasteiger charge is -2.19. The van der Waals surface area contributed by atoms with E-state index in [1.165, 1.54) is 19.4 Å². The number of methoxy groups -OCH3 is 1. The third-order valence-corrected chi connectivity index (χ3v) is 7.24. The Morgan fingerprint density at radius 2 is 1.83 bits per heavy atom. The van der Waals surface area contributed by atoms with Crippen LogP contribution in [0.25, 0.3) is 22.0 Å². The predicted molar refractivity (Wildman–Crippen MR) is 166 cm³/mol. The van der Waals surface area contributed by atoms with Crippen LogP contribution < -0.4 is 25.8 Å². The molecule has 0 unspecified atom stereocenters. The normalized spacial score (nSPS) is 15.2. The standard InChI is InChI=1S/C32H36F2N6O7/c1-44-23-3-4-24(28(15-23)47-13-12-46-11-10-45-9-8-38-29(41)18-36)21-2-5-27-26(14-21)25(6-7-37-27)31(43)39-19-30(42)40-20-32(33,34)16-22(40)17-35/h2-7,14-15,22H,8-13,16,18-20,36H2,1H3,(H,38,41)(H,39,43)/t22-/m0/s1. The van der Waals surface area contributed by atoms with Crippen LogP contribution in [0.2, 0.25) is 0 Å². The lowest BCUT2D eigenvalue weighted by Crippen LogP contribution is -2.43. The van der Waals surface area contributed by atoms with E-state index < -0.39 is 43.3 Å². The van der Waals surface area contributed by atoms with Crippen LogP contribution >= 0.6 is 0 Å². The van der Waals surface area contributed by atoms with Gasteiger partial charge in [-0.05, 0) is 35.9 Å². The van der Waals surface area contributed by atoms with Crippen molar-refractivity contribution in [1.29, 1.82) is 5.26 Å². The Hall–Kier alpha value is -4.91. The van der Waals surface area contributed by atoms with Crippen LogP contribution in [0.5, 0.6) is 11.5 Å². The number of nitrogens with two attached hydrogens (primary N) is 1. The summed E-state index contributed by atoms with van der Waals surface area (Å²) in [6.45, 7) is 0.379. The van der Waals surface area contributed by atoms with E-state index in [9.17, 15) is 28.4 Å². The van der Waals surface area contributed by atoms with E-state index in [1.54, 1.807) is 30.3 Å². The molecule has 0 bridgehead atoms. The largest absolute Gasteiger partial charge is 0.497 e. The highest BCUT2D eigenvalue weighted by atomic mass is 19.3. The monoisotopic (exact) mass is 654 g/mol. The molecule has 3 aromatic rings. The molecule has 1 aromatic heterocycles. The zero-order chi connectivity index (χ0) is 33.8. The molecule has 1 aliphatic rings. The van der Waals surface area contributed by atoms with Gasteiger partial charge in [-0.1, -0.05) is 6.07 Å². The lowest BCUT2D eigenvalue weighted by molar-refractivity contribution is -0.131. The highest BCUT2D eigenvalue weighted by molar-refractivity contribution is 6.07. The molecule has 0 saturated carbocycles. The molecule has 13 nitrogen and oxygen atoms in total. The molecule has 0 aliphatic carbocycles. The van der Waals surface area contributed by atoms with E-state index in [4.69, 9.17) is 24.7 Å². The Labute approximate surface area is 269 Å². The molecular formula is C32H36F2N6O7. The van der Waals surface area contributed by atoms with Gasteiger partial charge in [0, 0.05) is 36.2 Å². The van der Waals surface area contributed by atoms with Crippen molar-refractivity contribution in [2.45, 2.75) is 18.4 Å². The molecule has 15 heteroatoms. The Morgan fingerprint density at radius 3 is 2.57 bits per heavy atom. The van der Waals surface area contributed by atoms with E-state index in [1.807, 2.05) is 12.1 Å². The minimum atomic E-state index is -3.16. The third kappa shape index (κ3) is 9.55. The summed E-state index contributed by atoms with van der Waals surface area (Å²) in [5, 5.41) is 14.8. The maximum atomic E-state index is 13.8. The molecule has 1 fully saturated rings. The molecule has 0 spiro atoms. The fraction of sp³-hybridized carbons (Fsp3) is 0.406. The molecule has 47 heavy (non-hydrogen) atoms. The number of hydrogen-bond donors (Lipinski definition) is 3. The molecule has 0 radical (unpaired) electrons. The number of halogens is 2. The number of nitriles is 1. The van der Waals surface area contributed by atoms with Crippen LogP contribution in [-0.2, 0) is 19.1 Å². The van der Waals surface area contributed by atoms with Gasteiger partial charge in [0.05, 0.1) is 70.3 Å². The highest BCUT2D eigenvalue weighted by Gasteiger charge is 2.47. The Morgan fingerprint density at radius 1 is 1.06 bits per heavy atom. The summed E-state index contributed by atoms with van der Waals surface area (Å²) in [5.74, 6) is -3.70. The second kappa shape index (κ2) is 16.6. The van der Waals surface area contributed by atoms with Gasteiger partial charge in [-0.25, -0.2) is 8.78 Å². The number of hydrogen-bond acceptors (Lipinski definition) is 10. The minimum absolute atomic E-state index is 0.0718. The molecule has 250 valence electrons. The molecule has 1 aliphatic heterocycles. The maximum absolute atomic E-state index is 13.8. The second-order valence-electron chi connectivity index (χ2n) is 10.5. The summed E-state index contributed by atoms with van der Waals surface area (Å²) >= 11 is 0. The van der Waals surface area contributed by atoms with Gasteiger partial charge in [0.15, 0.2) is 0 Å². The molecule has 1 saturated heterocycles. The van der Waals surface area contributed by atoms with Crippen molar-refractivity contribution in [3.8, 4) is 28.7 Å². The van der Waals surface area contributed by atoms with E-state index in [2.05, 4.69) is 15.6 Å². The maximum Gasteiger partial charge on any atom is 0.268 e. The van der Waals surface area contributed by atoms with Crippen molar-refractivity contribution in [1.82, 2.24) is 20.5 Å². The number of carbonyl (C=O) groups excluding carboxylic acids is 3. The fourth-order valence-electron chi connectivity index (χ4n) is 4.91. The van der Waals surface area contributed by atoms with Crippen LogP contribution in [0.3, 0.4) is 0 Å². The van der Waals surface area contributed by atoms with Crippen molar-refractivity contribution < 1.29 is 42.1 Å². The Bertz CT molecular complexity index is 1620. The summed E-state index contributed by atoms with van der Waals surface area (Å²) in [7, 11) is 1.54. The van der Waals surface area contributed by atoms with Gasteiger partial charge in [-0.3, -0.25) is 19.4 Å². The number of rotatable bonds is 16. The third-order valence-electron chi connectivity index (χ3n) is 7.24. The number of amides is 3. The van der Waals surface area contributed by atoms with Crippen molar-refractivity contribution in [2.24, 2.45) is 5.73 Å². The summed E-state index contributed by atoms with van der Waals surface area (Å²) in [5.41, 5.74) is 7.38. The first-order chi connectivity index (χ1) is 22.7. The molecule has 4 N–H and O–H groups in total. The van der Waals surface area contributed by atoms with Crippen molar-refractivity contribution >= 4 is 28.6 Å². The van der Waals surface area contributed by atoms with E-state index in [0.29, 0.717) is 59.9 Å². The van der Waals surface area contributed by atoms with E-state index in [0.717, 1.165) is 4.90 Å². The number of alkyl halides is 2. The number of likely N-dealkylation sites (tertiary alicyclic amines) is 1. The van der Waals surface area contributed by atoms with Crippen LogP contribution in [0.15, 0.2) is 48.7 Å². The number of fused-ring (bicyclic) bond motifs is 1. The average Bonchev–Trinajstić information content (AvgIpc) is 3.41. The van der Waals surface area contributed by atoms with Crippen LogP contribution in [0, 0.1) is 11.3 Å². The molecule has 4 rings (SSSR count). The van der Waals surface area contributed by atoms with Crippen LogP contribution in [0.4, 0.5) is 8.78 Å². The van der Waals surface area contributed by atoms with Crippen molar-refractivity contribution in [3.63, 3.8) is 0 Å². The molecular weight excluding hydrogens is 618 g/mol. The topological polar surface area (TPSA) is 178 Å². The number of carbonyl (C=O) groups is 3. The summed E-state index contributed by atoms with van der Waals surface area (Å²) in [6, 6.07) is 12.6. The Kier molecular flexibility index (Phi) is 12.3. The first kappa shape index (κ1) is 35.0. The van der Waals surface area contributed by atoms with Gasteiger partial charge in [0.25, 0.3) is 11.8 Å². The summed E-state index contributed by atoms with van der Waals surface area (Å²) in [4.78, 5) is 42.0. The van der Waals surface area contributed by atoms with E-state index in [-0.39, 0.29) is 31.2 Å². The zero-order valence-electron chi connectivity index (χ0n) is 25.8. The number of nitrogens with one attached hydrogen (secondary N) is 2. The van der Waals surface area contributed by atoms with Crippen molar-refractivity contribution in [3.05, 3.63) is 54.2 Å². The predicted octanol–water partition coefficient (Wildman–Crippen LogP) is 1.89. The summed E-state index contributed by atoms with van der Waals surface area (Å²) < 4.78 is 50.0. The summed E-state index contributed by atoms with van der Waals surface area (Å²) in [6.07, 6.45) is 0.720. The lowest BCUT2D eigenvalue weighted by atomic mass is 9.99. The number of aromatic nitrogens is 1. The number of pyridine rings is 1.